The molecule has 0 aromatic carbocycles. The van der Waals surface area contributed by atoms with Gasteiger partial charge in [0.05, 0.1) is 13.2 Å². The van der Waals surface area contributed by atoms with E-state index in [1.165, 1.54) is 6.42 Å². The van der Waals surface area contributed by atoms with Gasteiger partial charge in [0.1, 0.15) is 0 Å². The molecule has 15 heavy (non-hydrogen) atoms. The van der Waals surface area contributed by atoms with Crippen molar-refractivity contribution >= 4 is 5.97 Å². The van der Waals surface area contributed by atoms with Crippen molar-refractivity contribution in [3.8, 4) is 0 Å². The molecule has 0 amide bonds. The highest BCUT2D eigenvalue weighted by Gasteiger charge is 1.98. The number of carbonyl (C=O) groups excluding carboxylic acids is 1. The fraction of sp³-hybridized carbons (Fsp3) is 0.909. The molecule has 0 saturated carbocycles. The molecule has 1 N–H and O–H groups in total. The SMILES string of the molecule is CCCCOCCCNCC(=O)OCC. The smallest absolute Gasteiger partial charge is 0.319 e. The van der Waals surface area contributed by atoms with E-state index in [0.29, 0.717) is 13.2 Å². The number of hydrogen-bond donors (Lipinski definition) is 1. The van der Waals surface area contributed by atoms with Crippen LogP contribution in [0.2, 0.25) is 0 Å². The Morgan fingerprint density at radius 2 is 1.93 bits per heavy atom. The molecule has 0 unspecified atom stereocenters. The van der Waals surface area contributed by atoms with Crippen LogP contribution < -0.4 is 5.32 Å². The highest BCUT2D eigenvalue weighted by atomic mass is 16.5. The second kappa shape index (κ2) is 11.5. The second-order valence-corrected chi connectivity index (χ2v) is 3.30. The summed E-state index contributed by atoms with van der Waals surface area (Å²) in [5, 5.41) is 3.01. The quantitative estimate of drug-likeness (QED) is 0.443. The Balaban J connectivity index is 3.01. The van der Waals surface area contributed by atoms with E-state index in [1.807, 2.05) is 0 Å². The fourth-order valence-corrected chi connectivity index (χ4v) is 1.05. The maximum Gasteiger partial charge on any atom is 0.319 e. The standard InChI is InChI=1S/C11H23NO3/c1-3-5-8-14-9-6-7-12-10-11(13)15-4-2/h12H,3-10H2,1-2H3. The zero-order valence-electron chi connectivity index (χ0n) is 9.88. The Kier molecular flexibility index (Phi) is 11.0. The third kappa shape index (κ3) is 11.3. The van der Waals surface area contributed by atoms with Gasteiger partial charge in [-0.2, -0.15) is 0 Å². The predicted molar refractivity (Wildman–Crippen MR) is 59.8 cm³/mol. The highest BCUT2D eigenvalue weighted by Crippen LogP contribution is 1.88. The van der Waals surface area contributed by atoms with Gasteiger partial charge >= 0.3 is 5.97 Å². The molecule has 0 heterocycles. The first-order valence-electron chi connectivity index (χ1n) is 5.75. The van der Waals surface area contributed by atoms with Crippen LogP contribution in [-0.4, -0.2) is 38.9 Å². The molecule has 90 valence electrons. The number of ether oxygens (including phenoxy) is 2. The fourth-order valence-electron chi connectivity index (χ4n) is 1.05. The number of hydrogen-bond acceptors (Lipinski definition) is 4. The molecule has 4 nitrogen and oxygen atoms in total. The molecule has 0 aromatic heterocycles. The van der Waals surface area contributed by atoms with Gasteiger partial charge < -0.3 is 14.8 Å². The molecular weight excluding hydrogens is 194 g/mol. The zero-order valence-corrected chi connectivity index (χ0v) is 9.88. The first-order chi connectivity index (χ1) is 7.31. The average Bonchev–Trinajstić information content (AvgIpc) is 2.22. The predicted octanol–water partition coefficient (Wildman–Crippen LogP) is 1.35. The van der Waals surface area contributed by atoms with E-state index in [2.05, 4.69) is 12.2 Å². The van der Waals surface area contributed by atoms with E-state index in [9.17, 15) is 4.79 Å². The van der Waals surface area contributed by atoms with Crippen LogP contribution in [0.4, 0.5) is 0 Å². The van der Waals surface area contributed by atoms with Gasteiger partial charge in [-0.1, -0.05) is 13.3 Å². The van der Waals surface area contributed by atoms with Crippen LogP contribution in [0.3, 0.4) is 0 Å². The summed E-state index contributed by atoms with van der Waals surface area (Å²) in [5.74, 6) is -0.190. The Labute approximate surface area is 92.3 Å². The van der Waals surface area contributed by atoms with E-state index in [-0.39, 0.29) is 5.97 Å². The van der Waals surface area contributed by atoms with Crippen LogP contribution in [-0.2, 0) is 14.3 Å². The monoisotopic (exact) mass is 217 g/mol. The van der Waals surface area contributed by atoms with Gasteiger partial charge in [0.15, 0.2) is 0 Å². The molecule has 0 bridgehead atoms. The minimum atomic E-state index is -0.190. The molecule has 0 aliphatic rings. The molecule has 0 spiro atoms. The lowest BCUT2D eigenvalue weighted by Gasteiger charge is -2.05. The van der Waals surface area contributed by atoms with Crippen LogP contribution >= 0.6 is 0 Å². The van der Waals surface area contributed by atoms with E-state index < -0.39 is 0 Å². The molecule has 0 radical (unpaired) electrons. The van der Waals surface area contributed by atoms with Crippen LogP contribution in [0.1, 0.15) is 33.1 Å². The van der Waals surface area contributed by atoms with Gasteiger partial charge in [0.25, 0.3) is 0 Å². The van der Waals surface area contributed by atoms with Crippen LogP contribution in [0, 0.1) is 0 Å². The first-order valence-corrected chi connectivity index (χ1v) is 5.75. The van der Waals surface area contributed by atoms with Crippen molar-refractivity contribution in [3.63, 3.8) is 0 Å². The lowest BCUT2D eigenvalue weighted by molar-refractivity contribution is -0.142. The molecule has 0 aliphatic carbocycles. The molecule has 0 atom stereocenters. The minimum absolute atomic E-state index is 0.190. The molecular formula is C11H23NO3. The molecule has 0 aromatic rings. The normalized spacial score (nSPS) is 10.3. The van der Waals surface area contributed by atoms with Gasteiger partial charge in [-0.15, -0.1) is 0 Å². The van der Waals surface area contributed by atoms with Crippen molar-refractivity contribution in [3.05, 3.63) is 0 Å². The lowest BCUT2D eigenvalue weighted by Crippen LogP contribution is -2.26. The summed E-state index contributed by atoms with van der Waals surface area (Å²) in [6.45, 7) is 7.09. The van der Waals surface area contributed by atoms with Crippen molar-refractivity contribution in [2.24, 2.45) is 0 Å². The Morgan fingerprint density at radius 3 is 2.60 bits per heavy atom. The summed E-state index contributed by atoms with van der Waals surface area (Å²) in [4.78, 5) is 10.9. The summed E-state index contributed by atoms with van der Waals surface area (Å²) in [5.41, 5.74) is 0. The van der Waals surface area contributed by atoms with Gasteiger partial charge in [0, 0.05) is 13.2 Å². The van der Waals surface area contributed by atoms with E-state index >= 15 is 0 Å². The Morgan fingerprint density at radius 1 is 1.20 bits per heavy atom. The molecule has 0 aliphatic heterocycles. The van der Waals surface area contributed by atoms with Gasteiger partial charge in [-0.3, -0.25) is 4.79 Å². The summed E-state index contributed by atoms with van der Waals surface area (Å²) >= 11 is 0. The summed E-state index contributed by atoms with van der Waals surface area (Å²) in [7, 11) is 0. The number of carbonyl (C=O) groups is 1. The van der Waals surface area contributed by atoms with Crippen molar-refractivity contribution in [2.75, 3.05) is 32.9 Å². The summed E-state index contributed by atoms with van der Waals surface area (Å²) in [6.07, 6.45) is 3.22. The summed E-state index contributed by atoms with van der Waals surface area (Å²) in [6, 6.07) is 0. The van der Waals surface area contributed by atoms with Crippen molar-refractivity contribution in [1.82, 2.24) is 5.32 Å². The van der Waals surface area contributed by atoms with E-state index in [1.54, 1.807) is 6.92 Å². The van der Waals surface area contributed by atoms with Crippen molar-refractivity contribution in [1.29, 1.82) is 0 Å². The third-order valence-electron chi connectivity index (χ3n) is 1.86. The van der Waals surface area contributed by atoms with Gasteiger partial charge in [-0.25, -0.2) is 0 Å². The van der Waals surface area contributed by atoms with Crippen molar-refractivity contribution < 1.29 is 14.3 Å². The summed E-state index contributed by atoms with van der Waals surface area (Å²) < 4.78 is 10.1. The van der Waals surface area contributed by atoms with Gasteiger partial charge in [-0.05, 0) is 26.3 Å². The van der Waals surface area contributed by atoms with E-state index in [4.69, 9.17) is 9.47 Å². The largest absolute Gasteiger partial charge is 0.465 e. The Hall–Kier alpha value is -0.610. The molecule has 0 fully saturated rings. The van der Waals surface area contributed by atoms with Crippen molar-refractivity contribution in [2.45, 2.75) is 33.1 Å². The molecule has 0 saturated heterocycles. The maximum atomic E-state index is 10.9. The third-order valence-corrected chi connectivity index (χ3v) is 1.86. The van der Waals surface area contributed by atoms with Crippen LogP contribution in [0.25, 0.3) is 0 Å². The maximum absolute atomic E-state index is 10.9. The van der Waals surface area contributed by atoms with Gasteiger partial charge in [0.2, 0.25) is 0 Å². The molecule has 4 heteroatoms. The minimum Gasteiger partial charge on any atom is -0.465 e. The van der Waals surface area contributed by atoms with E-state index in [0.717, 1.165) is 32.6 Å². The Bertz CT molecular complexity index is 151. The second-order valence-electron chi connectivity index (χ2n) is 3.30. The topological polar surface area (TPSA) is 47.6 Å². The number of esters is 1. The number of nitrogens with one attached hydrogen (secondary N) is 1. The highest BCUT2D eigenvalue weighted by molar-refractivity contribution is 5.71. The average molecular weight is 217 g/mol. The lowest BCUT2D eigenvalue weighted by atomic mass is 10.4. The van der Waals surface area contributed by atoms with Crippen LogP contribution in [0.15, 0.2) is 0 Å². The first kappa shape index (κ1) is 14.4. The number of unbranched alkanes of at least 4 members (excludes halogenated alkanes) is 1. The van der Waals surface area contributed by atoms with Crippen LogP contribution in [0.5, 0.6) is 0 Å². The number of rotatable bonds is 10. The molecule has 0 rings (SSSR count). The zero-order chi connectivity index (χ0) is 11.4.